The Labute approximate surface area is 178 Å². The number of hydrogen-bond donors (Lipinski definition) is 0. The Balaban J connectivity index is 1.94. The van der Waals surface area contributed by atoms with Crippen LogP contribution in [0.3, 0.4) is 0 Å². The first-order chi connectivity index (χ1) is 14.1. The zero-order valence-corrected chi connectivity index (χ0v) is 18.6. The molecule has 0 atom stereocenters. The Morgan fingerprint density at radius 1 is 1.00 bits per heavy atom. The number of esters is 1. The number of amides is 1. The minimum Gasteiger partial charge on any atom is -0.454 e. The number of rotatable bonds is 9. The molecule has 1 amide bonds. The van der Waals surface area contributed by atoms with E-state index in [0.717, 1.165) is 22.5 Å². The topological polar surface area (TPSA) is 84.0 Å². The number of likely N-dealkylation sites (N-methyl/N-ethyl adjacent to an activating group) is 1. The van der Waals surface area contributed by atoms with Crippen LogP contribution in [0, 0.1) is 6.92 Å². The fraction of sp³-hybridized carbons (Fsp3) is 0.364. The maximum absolute atomic E-state index is 12.3. The number of nitrogens with zero attached hydrogens (tertiary/aromatic N) is 2. The van der Waals surface area contributed by atoms with Crippen LogP contribution in [0.25, 0.3) is 0 Å². The average molecular weight is 433 g/mol. The maximum Gasteiger partial charge on any atom is 0.327 e. The molecule has 0 heterocycles. The third-order valence-electron chi connectivity index (χ3n) is 4.69. The van der Waals surface area contributed by atoms with Gasteiger partial charge in [0.15, 0.2) is 6.61 Å². The molecule has 0 unspecified atom stereocenters. The molecule has 2 rings (SSSR count). The average Bonchev–Trinajstić information content (AvgIpc) is 2.70. The van der Waals surface area contributed by atoms with Crippen LogP contribution in [0.15, 0.2) is 48.5 Å². The number of ether oxygens (including phenoxy) is 1. The Morgan fingerprint density at radius 3 is 2.17 bits per heavy atom. The van der Waals surface area contributed by atoms with E-state index in [1.54, 1.807) is 38.2 Å². The number of benzene rings is 2. The first-order valence-corrected chi connectivity index (χ1v) is 11.5. The summed E-state index contributed by atoms with van der Waals surface area (Å²) in [4.78, 5) is 26.0. The van der Waals surface area contributed by atoms with Crippen LogP contribution < -0.4 is 4.31 Å². The van der Waals surface area contributed by atoms with Crippen LogP contribution in [0.2, 0.25) is 0 Å². The highest BCUT2D eigenvalue weighted by molar-refractivity contribution is 7.92. The Bertz CT molecular complexity index is 987. The summed E-state index contributed by atoms with van der Waals surface area (Å²) in [5.41, 5.74) is 3.29. The van der Waals surface area contributed by atoms with Gasteiger partial charge in [0.05, 0.1) is 11.9 Å². The van der Waals surface area contributed by atoms with E-state index in [1.807, 2.05) is 24.3 Å². The molecule has 0 aromatic heterocycles. The summed E-state index contributed by atoms with van der Waals surface area (Å²) >= 11 is 0. The third-order valence-corrected chi connectivity index (χ3v) is 5.82. The van der Waals surface area contributed by atoms with Gasteiger partial charge < -0.3 is 9.64 Å². The highest BCUT2D eigenvalue weighted by Gasteiger charge is 2.23. The van der Waals surface area contributed by atoms with E-state index >= 15 is 0 Å². The number of hydrogen-bond acceptors (Lipinski definition) is 5. The zero-order valence-electron chi connectivity index (χ0n) is 17.8. The SMILES string of the molecule is CCc1ccc(CN(C)C(=O)COC(=O)CN(c2ccccc2C)S(C)(=O)=O)cc1. The lowest BCUT2D eigenvalue weighted by Crippen LogP contribution is -2.38. The highest BCUT2D eigenvalue weighted by atomic mass is 32.2. The van der Waals surface area contributed by atoms with E-state index in [9.17, 15) is 18.0 Å². The Hall–Kier alpha value is -2.87. The molecule has 0 N–H and O–H groups in total. The van der Waals surface area contributed by atoms with Crippen LogP contribution in [0.4, 0.5) is 5.69 Å². The molecule has 7 nitrogen and oxygen atoms in total. The molecular formula is C22H28N2O5S. The second kappa shape index (κ2) is 10.2. The Kier molecular flexibility index (Phi) is 8.00. The van der Waals surface area contributed by atoms with Gasteiger partial charge in [-0.05, 0) is 36.1 Å². The lowest BCUT2D eigenvalue weighted by Gasteiger charge is -2.23. The van der Waals surface area contributed by atoms with Gasteiger partial charge in [-0.3, -0.25) is 13.9 Å². The van der Waals surface area contributed by atoms with Crippen LogP contribution in [0.5, 0.6) is 0 Å². The van der Waals surface area contributed by atoms with Crippen molar-refractivity contribution in [2.45, 2.75) is 26.8 Å². The summed E-state index contributed by atoms with van der Waals surface area (Å²) in [5.74, 6) is -1.16. The fourth-order valence-corrected chi connectivity index (χ4v) is 3.78. The van der Waals surface area contributed by atoms with Gasteiger partial charge in [0, 0.05) is 13.6 Å². The molecule has 0 saturated carbocycles. The fourth-order valence-electron chi connectivity index (χ4n) is 2.88. The predicted molar refractivity (Wildman–Crippen MR) is 117 cm³/mol. The molecule has 0 aliphatic carbocycles. The van der Waals surface area contributed by atoms with Crippen molar-refractivity contribution in [3.05, 3.63) is 65.2 Å². The molecule has 8 heteroatoms. The molecule has 2 aromatic rings. The van der Waals surface area contributed by atoms with E-state index in [0.29, 0.717) is 17.8 Å². The quantitative estimate of drug-likeness (QED) is 0.569. The monoisotopic (exact) mass is 432 g/mol. The highest BCUT2D eigenvalue weighted by Crippen LogP contribution is 2.21. The molecular weight excluding hydrogens is 404 g/mol. The number of aryl methyl sites for hydroxylation is 2. The standard InChI is InChI=1S/C22H28N2O5S/c1-5-18-10-12-19(13-11-18)14-23(3)21(25)16-29-22(26)15-24(30(4,27)28)20-9-7-6-8-17(20)2/h6-13H,5,14-16H2,1-4H3. The number of anilines is 1. The summed E-state index contributed by atoms with van der Waals surface area (Å²) in [6.07, 6.45) is 1.97. The molecule has 0 fully saturated rings. The van der Waals surface area contributed by atoms with E-state index in [1.165, 1.54) is 10.5 Å². The van der Waals surface area contributed by atoms with E-state index < -0.39 is 29.1 Å². The first kappa shape index (κ1) is 23.4. The van der Waals surface area contributed by atoms with Crippen molar-refractivity contribution >= 4 is 27.6 Å². The van der Waals surface area contributed by atoms with Crippen molar-refractivity contribution in [2.24, 2.45) is 0 Å². The molecule has 2 aromatic carbocycles. The second-order valence-electron chi connectivity index (χ2n) is 7.14. The number of carbonyl (C=O) groups excluding carboxylic acids is 2. The summed E-state index contributed by atoms with van der Waals surface area (Å²) in [6, 6.07) is 14.8. The van der Waals surface area contributed by atoms with Crippen LogP contribution >= 0.6 is 0 Å². The van der Waals surface area contributed by atoms with E-state index in [4.69, 9.17) is 4.74 Å². The number of para-hydroxylation sites is 1. The minimum absolute atomic E-state index is 0.371. The molecule has 162 valence electrons. The van der Waals surface area contributed by atoms with Gasteiger partial charge in [0.1, 0.15) is 6.54 Å². The third kappa shape index (κ3) is 6.59. The zero-order chi connectivity index (χ0) is 22.3. The van der Waals surface area contributed by atoms with Gasteiger partial charge in [-0.1, -0.05) is 49.4 Å². The molecule has 0 aliphatic heterocycles. The smallest absolute Gasteiger partial charge is 0.327 e. The van der Waals surface area contributed by atoms with Crippen LogP contribution in [-0.2, 0) is 37.3 Å². The normalized spacial score (nSPS) is 11.1. The number of carbonyl (C=O) groups is 2. The molecule has 0 aliphatic rings. The first-order valence-electron chi connectivity index (χ1n) is 9.62. The van der Waals surface area contributed by atoms with Crippen LogP contribution in [-0.4, -0.2) is 51.6 Å². The van der Waals surface area contributed by atoms with Crippen molar-refractivity contribution in [1.29, 1.82) is 0 Å². The van der Waals surface area contributed by atoms with Crippen molar-refractivity contribution in [3.63, 3.8) is 0 Å². The molecule has 0 bridgehead atoms. The summed E-state index contributed by atoms with van der Waals surface area (Å²) in [6.45, 7) is 3.26. The largest absolute Gasteiger partial charge is 0.454 e. The summed E-state index contributed by atoms with van der Waals surface area (Å²) in [5, 5.41) is 0. The van der Waals surface area contributed by atoms with Crippen molar-refractivity contribution in [3.8, 4) is 0 Å². The van der Waals surface area contributed by atoms with Gasteiger partial charge in [0.2, 0.25) is 10.0 Å². The maximum atomic E-state index is 12.3. The summed E-state index contributed by atoms with van der Waals surface area (Å²) in [7, 11) is -2.07. The second-order valence-corrected chi connectivity index (χ2v) is 9.04. The Morgan fingerprint density at radius 2 is 1.60 bits per heavy atom. The lowest BCUT2D eigenvalue weighted by atomic mass is 10.1. The van der Waals surface area contributed by atoms with Crippen molar-refractivity contribution in [2.75, 3.05) is 30.8 Å². The van der Waals surface area contributed by atoms with Gasteiger partial charge in [0.25, 0.3) is 5.91 Å². The van der Waals surface area contributed by atoms with E-state index in [2.05, 4.69) is 6.92 Å². The molecule has 0 radical (unpaired) electrons. The van der Waals surface area contributed by atoms with Gasteiger partial charge in [-0.15, -0.1) is 0 Å². The van der Waals surface area contributed by atoms with Gasteiger partial charge >= 0.3 is 5.97 Å². The van der Waals surface area contributed by atoms with Gasteiger partial charge in [-0.25, -0.2) is 8.42 Å². The predicted octanol–water partition coefficient (Wildman–Crippen LogP) is 2.53. The molecule has 0 spiro atoms. The van der Waals surface area contributed by atoms with Crippen LogP contribution in [0.1, 0.15) is 23.6 Å². The number of sulfonamides is 1. The van der Waals surface area contributed by atoms with Crippen molar-refractivity contribution < 1.29 is 22.7 Å². The van der Waals surface area contributed by atoms with Gasteiger partial charge in [-0.2, -0.15) is 0 Å². The minimum atomic E-state index is -3.70. The van der Waals surface area contributed by atoms with Crippen molar-refractivity contribution in [1.82, 2.24) is 4.90 Å². The molecule has 30 heavy (non-hydrogen) atoms. The molecule has 0 saturated heterocycles. The lowest BCUT2D eigenvalue weighted by molar-refractivity contribution is -0.150. The summed E-state index contributed by atoms with van der Waals surface area (Å²) < 4.78 is 30.3. The van der Waals surface area contributed by atoms with E-state index in [-0.39, 0.29) is 5.91 Å².